The van der Waals surface area contributed by atoms with Gasteiger partial charge in [-0.15, -0.1) is 4.31 Å². The number of carbonyl (C=O) groups excluding carboxylic acids is 1. The number of benzene rings is 2. The first-order chi connectivity index (χ1) is 15.4. The number of nitrogens with zero attached hydrogens (tertiary/aromatic N) is 2. The second-order valence-electron chi connectivity index (χ2n) is 7.86. The lowest BCUT2D eigenvalue weighted by atomic mass is 9.96. The average molecular weight is 453 g/mol. The van der Waals surface area contributed by atoms with Crippen molar-refractivity contribution < 1.29 is 13.7 Å². The minimum atomic E-state index is -1.00. The molecule has 3 N–H and O–H groups in total. The molecule has 2 atom stereocenters. The summed E-state index contributed by atoms with van der Waals surface area (Å²) in [6.07, 6.45) is 4.28. The Labute approximate surface area is 190 Å². The highest BCUT2D eigenvalue weighted by molar-refractivity contribution is 7.88. The van der Waals surface area contributed by atoms with Gasteiger partial charge >= 0.3 is 0 Å². The van der Waals surface area contributed by atoms with Gasteiger partial charge in [0.05, 0.1) is 12.1 Å². The van der Waals surface area contributed by atoms with Crippen LogP contribution in [0.25, 0.3) is 11.1 Å². The van der Waals surface area contributed by atoms with E-state index in [0.29, 0.717) is 30.0 Å². The van der Waals surface area contributed by atoms with Crippen molar-refractivity contribution in [3.05, 3.63) is 83.3 Å². The van der Waals surface area contributed by atoms with E-state index in [9.17, 15) is 13.7 Å². The summed E-state index contributed by atoms with van der Waals surface area (Å²) < 4.78 is 28.5. The summed E-state index contributed by atoms with van der Waals surface area (Å²) in [6.45, 7) is 1.76. The maximum atomic E-state index is 14.8. The van der Waals surface area contributed by atoms with E-state index in [1.54, 1.807) is 18.5 Å². The largest absolute Gasteiger partial charge is 0.598 e. The highest BCUT2D eigenvalue weighted by Crippen LogP contribution is 2.33. The van der Waals surface area contributed by atoms with Gasteiger partial charge in [0.1, 0.15) is 17.9 Å². The number of hydrogen-bond acceptors (Lipinski definition) is 5. The van der Waals surface area contributed by atoms with Crippen molar-refractivity contribution in [3.8, 4) is 11.1 Å². The third-order valence-corrected chi connectivity index (χ3v) is 6.81. The molecular weight excluding hydrogens is 427 g/mol. The SMILES string of the molecule is C[S+]([O-])N1CCC(c2cnc(N)c(-c3ccc(C(=O)NCc4ccccc4)c(F)c3)c2)C1. The number of carbonyl (C=O) groups is 1. The number of amides is 1. The molecule has 6 nitrogen and oxygen atoms in total. The maximum Gasteiger partial charge on any atom is 0.254 e. The second-order valence-corrected chi connectivity index (χ2v) is 9.23. The zero-order valence-electron chi connectivity index (χ0n) is 17.8. The quantitative estimate of drug-likeness (QED) is 0.559. The number of nitrogens with two attached hydrogens (primary N) is 1. The van der Waals surface area contributed by atoms with Gasteiger partial charge in [0.15, 0.2) is 0 Å². The molecule has 166 valence electrons. The number of pyridine rings is 1. The van der Waals surface area contributed by atoms with Gasteiger partial charge in [-0.05, 0) is 41.3 Å². The van der Waals surface area contributed by atoms with Gasteiger partial charge in [-0.3, -0.25) is 4.79 Å². The Balaban J connectivity index is 1.52. The summed E-state index contributed by atoms with van der Waals surface area (Å²) in [7, 11) is 0. The molecule has 2 unspecified atom stereocenters. The fourth-order valence-corrected chi connectivity index (χ4v) is 4.67. The number of rotatable bonds is 6. The number of hydrogen-bond donors (Lipinski definition) is 2. The summed E-state index contributed by atoms with van der Waals surface area (Å²) in [5.74, 6) is -0.607. The molecule has 1 aromatic heterocycles. The Hall–Kier alpha value is -2.94. The molecule has 0 spiro atoms. The van der Waals surface area contributed by atoms with Crippen molar-refractivity contribution >= 4 is 23.1 Å². The number of nitrogen functional groups attached to an aromatic ring is 1. The van der Waals surface area contributed by atoms with Crippen molar-refractivity contribution in [2.45, 2.75) is 18.9 Å². The Morgan fingerprint density at radius 1 is 1.28 bits per heavy atom. The second kappa shape index (κ2) is 9.68. The van der Waals surface area contributed by atoms with E-state index in [2.05, 4.69) is 10.3 Å². The summed E-state index contributed by atoms with van der Waals surface area (Å²) in [5.41, 5.74) is 9.15. The molecule has 1 aliphatic heterocycles. The number of halogens is 1. The molecule has 4 rings (SSSR count). The molecule has 1 saturated heterocycles. The van der Waals surface area contributed by atoms with Gasteiger partial charge in [-0.2, -0.15) is 0 Å². The van der Waals surface area contributed by atoms with Crippen molar-refractivity contribution in [1.82, 2.24) is 14.6 Å². The van der Waals surface area contributed by atoms with E-state index in [1.807, 2.05) is 40.7 Å². The molecule has 32 heavy (non-hydrogen) atoms. The molecule has 3 aromatic rings. The molecule has 0 radical (unpaired) electrons. The van der Waals surface area contributed by atoms with E-state index < -0.39 is 23.1 Å². The van der Waals surface area contributed by atoms with Crippen LogP contribution in [0.1, 0.15) is 33.8 Å². The number of nitrogens with one attached hydrogen (secondary N) is 1. The first-order valence-electron chi connectivity index (χ1n) is 10.4. The fourth-order valence-electron chi connectivity index (χ4n) is 3.92. The minimum absolute atomic E-state index is 0.0239. The van der Waals surface area contributed by atoms with Crippen molar-refractivity contribution in [2.75, 3.05) is 25.1 Å². The smallest absolute Gasteiger partial charge is 0.254 e. The number of anilines is 1. The summed E-state index contributed by atoms with van der Waals surface area (Å²) in [6, 6.07) is 15.8. The Bertz CT molecular complexity index is 1110. The Morgan fingerprint density at radius 3 is 2.75 bits per heavy atom. The molecular formula is C24H25FN4O2S. The van der Waals surface area contributed by atoms with Crippen LogP contribution in [0.4, 0.5) is 10.2 Å². The molecule has 0 saturated carbocycles. The first-order valence-corrected chi connectivity index (χ1v) is 11.9. The maximum absolute atomic E-state index is 14.8. The van der Waals surface area contributed by atoms with Gasteiger partial charge < -0.3 is 15.6 Å². The predicted octanol–water partition coefficient (Wildman–Crippen LogP) is 3.48. The lowest BCUT2D eigenvalue weighted by molar-refractivity contribution is 0.0947. The summed E-state index contributed by atoms with van der Waals surface area (Å²) in [5, 5.41) is 2.74. The summed E-state index contributed by atoms with van der Waals surface area (Å²) in [4.78, 5) is 16.8. The van der Waals surface area contributed by atoms with Gasteiger partial charge in [0.25, 0.3) is 5.91 Å². The van der Waals surface area contributed by atoms with E-state index in [4.69, 9.17) is 5.73 Å². The highest BCUT2D eigenvalue weighted by atomic mass is 32.2. The normalized spacial score (nSPS) is 17.3. The average Bonchev–Trinajstić information content (AvgIpc) is 3.29. The third kappa shape index (κ3) is 4.93. The van der Waals surface area contributed by atoms with E-state index in [1.165, 1.54) is 12.1 Å². The lowest BCUT2D eigenvalue weighted by Crippen LogP contribution is -2.27. The third-order valence-electron chi connectivity index (χ3n) is 5.75. The topological polar surface area (TPSA) is 94.3 Å². The molecule has 8 heteroatoms. The lowest BCUT2D eigenvalue weighted by Gasteiger charge is -2.16. The van der Waals surface area contributed by atoms with Crippen LogP contribution in [0.3, 0.4) is 0 Å². The van der Waals surface area contributed by atoms with Gasteiger partial charge in [0, 0.05) is 42.1 Å². The fraction of sp³-hybridized carbons (Fsp3) is 0.250. The molecule has 2 heterocycles. The zero-order valence-corrected chi connectivity index (χ0v) is 18.6. The van der Waals surface area contributed by atoms with Crippen LogP contribution in [0.15, 0.2) is 60.8 Å². The molecule has 1 amide bonds. The van der Waals surface area contributed by atoms with Crippen molar-refractivity contribution in [1.29, 1.82) is 0 Å². The van der Waals surface area contributed by atoms with Crippen LogP contribution in [0.2, 0.25) is 0 Å². The van der Waals surface area contributed by atoms with E-state index >= 15 is 0 Å². The molecule has 2 aromatic carbocycles. The van der Waals surface area contributed by atoms with Crippen molar-refractivity contribution in [3.63, 3.8) is 0 Å². The van der Waals surface area contributed by atoms with Crippen molar-refractivity contribution in [2.24, 2.45) is 0 Å². The van der Waals surface area contributed by atoms with Crippen LogP contribution >= 0.6 is 0 Å². The molecule has 0 bridgehead atoms. The summed E-state index contributed by atoms with van der Waals surface area (Å²) >= 11 is -1.00. The Morgan fingerprint density at radius 2 is 2.06 bits per heavy atom. The predicted molar refractivity (Wildman–Crippen MR) is 125 cm³/mol. The van der Waals surface area contributed by atoms with Crippen LogP contribution in [0, 0.1) is 5.82 Å². The van der Waals surface area contributed by atoms with Gasteiger partial charge in [-0.1, -0.05) is 36.4 Å². The molecule has 0 aliphatic carbocycles. The Kier molecular flexibility index (Phi) is 6.74. The van der Waals surface area contributed by atoms with Crippen LogP contribution in [-0.4, -0.2) is 39.1 Å². The zero-order chi connectivity index (χ0) is 22.7. The van der Waals surface area contributed by atoms with Crippen LogP contribution in [0.5, 0.6) is 0 Å². The highest BCUT2D eigenvalue weighted by Gasteiger charge is 2.30. The van der Waals surface area contributed by atoms with Gasteiger partial charge in [0.2, 0.25) is 0 Å². The number of aromatic nitrogens is 1. The van der Waals surface area contributed by atoms with Gasteiger partial charge in [-0.25, -0.2) is 9.37 Å². The molecule has 1 fully saturated rings. The van der Waals surface area contributed by atoms with E-state index in [-0.39, 0.29) is 11.5 Å². The standard InChI is InChI=1S/C24H25FN4O2S/c1-32(31)29-10-9-18(15-29)19-11-21(23(26)27-14-19)17-7-8-20(22(25)12-17)24(30)28-13-16-5-3-2-4-6-16/h2-8,11-12,14,18H,9-10,13,15H2,1H3,(H2,26,27)(H,28,30). The van der Waals surface area contributed by atoms with E-state index in [0.717, 1.165) is 24.1 Å². The monoisotopic (exact) mass is 452 g/mol. The molecule has 1 aliphatic rings. The minimum Gasteiger partial charge on any atom is -0.598 e. The van der Waals surface area contributed by atoms with Crippen LogP contribution < -0.4 is 11.1 Å². The van der Waals surface area contributed by atoms with Crippen LogP contribution in [-0.2, 0) is 17.9 Å². The first kappa shape index (κ1) is 22.3.